The summed E-state index contributed by atoms with van der Waals surface area (Å²) >= 11 is 6.29. The van der Waals surface area contributed by atoms with Gasteiger partial charge in [-0.2, -0.15) is 0 Å². The van der Waals surface area contributed by atoms with E-state index in [9.17, 15) is 4.79 Å². The Hall–Kier alpha value is -2.69. The van der Waals surface area contributed by atoms with Crippen molar-refractivity contribution in [3.63, 3.8) is 0 Å². The summed E-state index contributed by atoms with van der Waals surface area (Å²) in [6.07, 6.45) is 1.73. The zero-order valence-electron chi connectivity index (χ0n) is 13.6. The smallest absolute Gasteiger partial charge is 0.264 e. The minimum Gasteiger partial charge on any atom is -0.323 e. The maximum Gasteiger partial charge on any atom is 0.264 e. The van der Waals surface area contributed by atoms with Gasteiger partial charge in [-0.3, -0.25) is 14.3 Å². The molecule has 0 amide bonds. The summed E-state index contributed by atoms with van der Waals surface area (Å²) in [7, 11) is 0. The molecule has 124 valence electrons. The number of pyridine rings is 2. The highest BCUT2D eigenvalue weighted by Gasteiger charge is 2.16. The topological polar surface area (TPSA) is 60.9 Å². The molecule has 0 aliphatic rings. The Labute approximate surface area is 149 Å². The zero-order valence-corrected chi connectivity index (χ0v) is 14.4. The molecule has 2 heterocycles. The molecular weight excluding hydrogens is 334 g/mol. The molecule has 4 nitrogen and oxygen atoms in total. The van der Waals surface area contributed by atoms with Crippen molar-refractivity contribution in [2.24, 2.45) is 5.73 Å². The number of halogens is 1. The second-order valence-electron chi connectivity index (χ2n) is 6.08. The van der Waals surface area contributed by atoms with Crippen LogP contribution in [0.1, 0.15) is 18.7 Å². The Kier molecular flexibility index (Phi) is 3.79. The van der Waals surface area contributed by atoms with Gasteiger partial charge in [-0.05, 0) is 42.6 Å². The van der Waals surface area contributed by atoms with Crippen molar-refractivity contribution in [3.05, 3.63) is 81.9 Å². The van der Waals surface area contributed by atoms with Crippen molar-refractivity contribution in [1.82, 2.24) is 9.55 Å². The first kappa shape index (κ1) is 15.8. The number of aromatic nitrogens is 2. The van der Waals surface area contributed by atoms with Gasteiger partial charge in [0.1, 0.15) is 0 Å². The molecule has 0 saturated carbocycles. The Bertz CT molecular complexity index is 1160. The first-order chi connectivity index (χ1) is 12.1. The number of hydrogen-bond acceptors (Lipinski definition) is 3. The van der Waals surface area contributed by atoms with Crippen molar-refractivity contribution >= 4 is 33.3 Å². The van der Waals surface area contributed by atoms with E-state index in [4.69, 9.17) is 17.3 Å². The quantitative estimate of drug-likeness (QED) is 0.589. The van der Waals surface area contributed by atoms with Gasteiger partial charge in [-0.1, -0.05) is 35.9 Å². The molecule has 2 N–H and O–H groups in total. The third-order valence-corrected chi connectivity index (χ3v) is 4.65. The molecule has 0 saturated heterocycles. The Balaban J connectivity index is 2.11. The number of nitrogens with zero attached hydrogens (tertiary/aromatic N) is 2. The van der Waals surface area contributed by atoms with E-state index in [1.54, 1.807) is 16.8 Å². The molecule has 2 aromatic heterocycles. The second kappa shape index (κ2) is 5.99. The van der Waals surface area contributed by atoms with Crippen LogP contribution in [0.4, 0.5) is 0 Å². The summed E-state index contributed by atoms with van der Waals surface area (Å²) in [5.74, 6) is 0. The lowest BCUT2D eigenvalue weighted by atomic mass is 10.1. The van der Waals surface area contributed by atoms with E-state index in [0.29, 0.717) is 10.4 Å². The number of benzene rings is 2. The minimum atomic E-state index is -0.310. The Morgan fingerprint density at radius 3 is 2.68 bits per heavy atom. The van der Waals surface area contributed by atoms with Crippen LogP contribution in [0.15, 0.2) is 65.6 Å². The van der Waals surface area contributed by atoms with Crippen molar-refractivity contribution < 1.29 is 0 Å². The second-order valence-corrected chi connectivity index (χ2v) is 6.49. The van der Waals surface area contributed by atoms with E-state index in [-0.39, 0.29) is 11.6 Å². The summed E-state index contributed by atoms with van der Waals surface area (Å²) in [5.41, 5.74) is 8.26. The van der Waals surface area contributed by atoms with E-state index in [2.05, 4.69) is 4.98 Å². The predicted molar refractivity (Wildman–Crippen MR) is 102 cm³/mol. The maximum atomic E-state index is 13.2. The van der Waals surface area contributed by atoms with Crippen LogP contribution in [0.2, 0.25) is 5.02 Å². The fourth-order valence-corrected chi connectivity index (χ4v) is 3.40. The summed E-state index contributed by atoms with van der Waals surface area (Å²) in [5, 5.41) is 2.74. The molecule has 4 aromatic rings. The highest BCUT2D eigenvalue weighted by atomic mass is 35.5. The molecule has 0 spiro atoms. The first-order valence-electron chi connectivity index (χ1n) is 8.01. The molecule has 25 heavy (non-hydrogen) atoms. The van der Waals surface area contributed by atoms with E-state index in [0.717, 1.165) is 27.7 Å². The van der Waals surface area contributed by atoms with Crippen LogP contribution >= 0.6 is 11.6 Å². The summed E-state index contributed by atoms with van der Waals surface area (Å²) in [6, 6.07) is 16.7. The fraction of sp³-hybridized carbons (Fsp3) is 0.100. The minimum absolute atomic E-state index is 0.175. The number of rotatable bonds is 2. The molecule has 5 heteroatoms. The van der Waals surface area contributed by atoms with E-state index >= 15 is 0 Å². The van der Waals surface area contributed by atoms with Gasteiger partial charge in [-0.25, -0.2) is 0 Å². The summed E-state index contributed by atoms with van der Waals surface area (Å²) < 4.78 is 1.63. The lowest BCUT2D eigenvalue weighted by Gasteiger charge is -2.18. The fourth-order valence-electron chi connectivity index (χ4n) is 3.13. The third-order valence-electron chi connectivity index (χ3n) is 4.34. The lowest BCUT2D eigenvalue weighted by molar-refractivity contribution is 0.735. The highest BCUT2D eigenvalue weighted by molar-refractivity contribution is 6.35. The largest absolute Gasteiger partial charge is 0.323 e. The van der Waals surface area contributed by atoms with Gasteiger partial charge in [0, 0.05) is 23.3 Å². The molecule has 4 rings (SSSR count). The van der Waals surface area contributed by atoms with Crippen molar-refractivity contribution in [3.8, 4) is 5.69 Å². The molecule has 0 aliphatic heterocycles. The molecule has 0 fully saturated rings. The van der Waals surface area contributed by atoms with Gasteiger partial charge in [-0.15, -0.1) is 0 Å². The van der Waals surface area contributed by atoms with Crippen LogP contribution < -0.4 is 11.3 Å². The summed E-state index contributed by atoms with van der Waals surface area (Å²) in [6.45, 7) is 1.86. The van der Waals surface area contributed by atoms with Crippen LogP contribution in [0.5, 0.6) is 0 Å². The maximum absolute atomic E-state index is 13.2. The predicted octanol–water partition coefficient (Wildman–Crippen LogP) is 4.21. The number of hydrogen-bond donors (Lipinski definition) is 1. The van der Waals surface area contributed by atoms with Gasteiger partial charge in [0.2, 0.25) is 0 Å². The number of fused-ring (bicyclic) bond motifs is 2. The van der Waals surface area contributed by atoms with E-state index in [1.807, 2.05) is 55.5 Å². The van der Waals surface area contributed by atoms with E-state index in [1.165, 1.54) is 0 Å². The van der Waals surface area contributed by atoms with Crippen molar-refractivity contribution in [2.75, 3.05) is 0 Å². The van der Waals surface area contributed by atoms with Gasteiger partial charge in [0.15, 0.2) is 0 Å². The lowest BCUT2D eigenvalue weighted by Crippen LogP contribution is -2.25. The third kappa shape index (κ3) is 2.60. The van der Waals surface area contributed by atoms with E-state index < -0.39 is 0 Å². The Morgan fingerprint density at radius 1 is 1.08 bits per heavy atom. The average molecular weight is 350 g/mol. The SMILES string of the molecule is C[C@H](N)c1cc2cccc(Cl)c2c(=O)n1-c1ccc2cccnc2c1. The Morgan fingerprint density at radius 2 is 1.88 bits per heavy atom. The normalized spacial score (nSPS) is 12.6. The van der Waals surface area contributed by atoms with Crippen molar-refractivity contribution in [2.45, 2.75) is 13.0 Å². The van der Waals surface area contributed by atoms with Crippen LogP contribution in [-0.2, 0) is 0 Å². The molecule has 2 aromatic carbocycles. The standard InChI is InChI=1S/C20H16ClN3O/c1-12(22)18-10-14-4-2-6-16(21)19(14)20(25)24(18)15-8-7-13-5-3-9-23-17(13)11-15/h2-12H,22H2,1H3/t12-/m0/s1. The van der Waals surface area contributed by atoms with Crippen LogP contribution in [0.25, 0.3) is 27.4 Å². The van der Waals surface area contributed by atoms with Crippen LogP contribution in [0, 0.1) is 0 Å². The van der Waals surface area contributed by atoms with Crippen LogP contribution in [0.3, 0.4) is 0 Å². The average Bonchev–Trinajstić information content (AvgIpc) is 2.61. The molecule has 0 radical (unpaired) electrons. The highest BCUT2D eigenvalue weighted by Crippen LogP contribution is 2.25. The monoisotopic (exact) mass is 349 g/mol. The molecule has 1 atom stereocenters. The molecule has 0 unspecified atom stereocenters. The van der Waals surface area contributed by atoms with Gasteiger partial charge >= 0.3 is 0 Å². The van der Waals surface area contributed by atoms with Crippen molar-refractivity contribution in [1.29, 1.82) is 0 Å². The van der Waals surface area contributed by atoms with Gasteiger partial charge < -0.3 is 5.73 Å². The number of nitrogens with two attached hydrogens (primary N) is 1. The summed E-state index contributed by atoms with van der Waals surface area (Å²) in [4.78, 5) is 17.6. The van der Waals surface area contributed by atoms with Gasteiger partial charge in [0.05, 0.1) is 21.6 Å². The van der Waals surface area contributed by atoms with Crippen LogP contribution in [-0.4, -0.2) is 9.55 Å². The molecular formula is C20H16ClN3O. The molecule has 0 aliphatic carbocycles. The zero-order chi connectivity index (χ0) is 17.6. The van der Waals surface area contributed by atoms with Gasteiger partial charge in [0.25, 0.3) is 5.56 Å². The molecule has 0 bridgehead atoms. The first-order valence-corrected chi connectivity index (χ1v) is 8.39.